The number of hydrogen-bond acceptors (Lipinski definition) is 3. The first kappa shape index (κ1) is 12.4. The molecule has 1 aromatic rings. The van der Waals surface area contributed by atoms with Gasteiger partial charge in [-0.25, -0.2) is 0 Å². The van der Waals surface area contributed by atoms with Gasteiger partial charge in [0.1, 0.15) is 0 Å². The Morgan fingerprint density at radius 2 is 2.28 bits per heavy atom. The minimum Gasteiger partial charge on any atom is -0.374 e. The van der Waals surface area contributed by atoms with Gasteiger partial charge in [0.25, 0.3) is 0 Å². The molecule has 3 heteroatoms. The van der Waals surface area contributed by atoms with E-state index in [0.29, 0.717) is 5.37 Å². The highest BCUT2D eigenvalue weighted by Gasteiger charge is 2.21. The molecule has 2 heterocycles. The van der Waals surface area contributed by atoms with Gasteiger partial charge in [-0.2, -0.15) is 0 Å². The van der Waals surface area contributed by atoms with Gasteiger partial charge in [0.2, 0.25) is 0 Å². The number of hydrogen-bond donors (Lipinski definition) is 1. The van der Waals surface area contributed by atoms with E-state index >= 15 is 0 Å². The first-order valence-electron chi connectivity index (χ1n) is 6.93. The second-order valence-electron chi connectivity index (χ2n) is 5.64. The fraction of sp³-hybridized carbons (Fsp3) is 0.600. The average molecular weight is 262 g/mol. The molecule has 0 bridgehead atoms. The van der Waals surface area contributed by atoms with Crippen molar-refractivity contribution in [3.63, 3.8) is 0 Å². The second kappa shape index (κ2) is 5.14. The highest BCUT2D eigenvalue weighted by Crippen LogP contribution is 2.35. The zero-order valence-electron chi connectivity index (χ0n) is 11.3. The molecule has 2 aliphatic heterocycles. The SMILES string of the molecule is CC1CNC(c2ccc3c(c2)CCCN3C)SC1. The third-order valence-corrected chi connectivity index (χ3v) is 5.49. The van der Waals surface area contributed by atoms with Crippen molar-refractivity contribution in [2.24, 2.45) is 5.92 Å². The highest BCUT2D eigenvalue weighted by molar-refractivity contribution is 7.99. The number of thioether (sulfide) groups is 1. The molecule has 0 saturated carbocycles. The summed E-state index contributed by atoms with van der Waals surface area (Å²) in [6.45, 7) is 4.66. The summed E-state index contributed by atoms with van der Waals surface area (Å²) in [5.41, 5.74) is 4.42. The van der Waals surface area contributed by atoms with Gasteiger partial charge in [0.15, 0.2) is 0 Å². The van der Waals surface area contributed by atoms with E-state index < -0.39 is 0 Å². The third-order valence-electron chi connectivity index (χ3n) is 3.96. The molecule has 0 aromatic heterocycles. The minimum absolute atomic E-state index is 0.499. The molecule has 0 aliphatic carbocycles. The molecule has 0 spiro atoms. The minimum atomic E-state index is 0.499. The first-order chi connectivity index (χ1) is 8.74. The number of nitrogens with zero attached hydrogens (tertiary/aromatic N) is 1. The molecule has 1 saturated heterocycles. The van der Waals surface area contributed by atoms with Crippen LogP contribution in [0, 0.1) is 5.92 Å². The van der Waals surface area contributed by atoms with Gasteiger partial charge >= 0.3 is 0 Å². The Hall–Kier alpha value is -0.670. The van der Waals surface area contributed by atoms with Crippen LogP contribution in [-0.2, 0) is 6.42 Å². The van der Waals surface area contributed by atoms with Crippen molar-refractivity contribution < 1.29 is 0 Å². The standard InChI is InChI=1S/C15H22N2S/c1-11-9-16-15(18-10-11)13-5-6-14-12(8-13)4-3-7-17(14)2/h5-6,8,11,15-16H,3-4,7,9-10H2,1-2H3. The van der Waals surface area contributed by atoms with Crippen molar-refractivity contribution in [1.82, 2.24) is 5.32 Å². The normalized spacial score (nSPS) is 28.0. The van der Waals surface area contributed by atoms with Crippen molar-refractivity contribution in [3.8, 4) is 0 Å². The lowest BCUT2D eigenvalue weighted by Crippen LogP contribution is -2.31. The molecule has 2 aliphatic rings. The van der Waals surface area contributed by atoms with Crippen molar-refractivity contribution >= 4 is 17.4 Å². The summed E-state index contributed by atoms with van der Waals surface area (Å²) >= 11 is 2.05. The summed E-state index contributed by atoms with van der Waals surface area (Å²) in [7, 11) is 2.20. The Kier molecular flexibility index (Phi) is 3.53. The fourth-order valence-corrected chi connectivity index (χ4v) is 4.06. The average Bonchev–Trinajstić information content (AvgIpc) is 2.39. The van der Waals surface area contributed by atoms with E-state index in [9.17, 15) is 0 Å². The number of nitrogens with one attached hydrogen (secondary N) is 1. The predicted molar refractivity (Wildman–Crippen MR) is 80.4 cm³/mol. The third kappa shape index (κ3) is 2.39. The van der Waals surface area contributed by atoms with Gasteiger partial charge < -0.3 is 10.2 Å². The van der Waals surface area contributed by atoms with Crippen LogP contribution in [0.3, 0.4) is 0 Å². The maximum Gasteiger partial charge on any atom is 0.0789 e. The summed E-state index contributed by atoms with van der Waals surface area (Å²) in [6.07, 6.45) is 2.52. The maximum absolute atomic E-state index is 3.65. The molecular formula is C15H22N2S. The molecular weight excluding hydrogens is 240 g/mol. The molecule has 2 atom stereocenters. The number of rotatable bonds is 1. The molecule has 1 aromatic carbocycles. The number of fused-ring (bicyclic) bond motifs is 1. The van der Waals surface area contributed by atoms with Crippen molar-refractivity contribution in [1.29, 1.82) is 0 Å². The smallest absolute Gasteiger partial charge is 0.0789 e. The molecule has 0 radical (unpaired) electrons. The lowest BCUT2D eigenvalue weighted by molar-refractivity contribution is 0.529. The monoisotopic (exact) mass is 262 g/mol. The largest absolute Gasteiger partial charge is 0.374 e. The summed E-state index contributed by atoms with van der Waals surface area (Å²) in [5, 5.41) is 4.15. The van der Waals surface area contributed by atoms with Crippen molar-refractivity contribution in [2.45, 2.75) is 25.1 Å². The molecule has 98 valence electrons. The summed E-state index contributed by atoms with van der Waals surface area (Å²) in [5.74, 6) is 2.07. The predicted octanol–water partition coefficient (Wildman–Crippen LogP) is 3.04. The molecule has 0 amide bonds. The van der Waals surface area contributed by atoms with Crippen molar-refractivity contribution in [2.75, 3.05) is 30.8 Å². The lowest BCUT2D eigenvalue weighted by atomic mass is 9.99. The van der Waals surface area contributed by atoms with E-state index in [-0.39, 0.29) is 0 Å². The van der Waals surface area contributed by atoms with Crippen LogP contribution >= 0.6 is 11.8 Å². The lowest BCUT2D eigenvalue weighted by Gasteiger charge is -2.31. The molecule has 2 nitrogen and oxygen atoms in total. The van der Waals surface area contributed by atoms with Crippen molar-refractivity contribution in [3.05, 3.63) is 29.3 Å². The van der Waals surface area contributed by atoms with Gasteiger partial charge in [-0.05, 0) is 48.3 Å². The van der Waals surface area contributed by atoms with Crippen LogP contribution < -0.4 is 10.2 Å². The Morgan fingerprint density at radius 1 is 1.39 bits per heavy atom. The van der Waals surface area contributed by atoms with E-state index in [4.69, 9.17) is 0 Å². The van der Waals surface area contributed by atoms with E-state index in [0.717, 1.165) is 12.5 Å². The maximum atomic E-state index is 3.65. The number of anilines is 1. The second-order valence-corrected chi connectivity index (χ2v) is 6.78. The molecule has 1 N–H and O–H groups in total. The Balaban J connectivity index is 1.81. The molecule has 18 heavy (non-hydrogen) atoms. The summed E-state index contributed by atoms with van der Waals surface area (Å²) in [4.78, 5) is 2.38. The summed E-state index contributed by atoms with van der Waals surface area (Å²) < 4.78 is 0. The topological polar surface area (TPSA) is 15.3 Å². The van der Waals surface area contributed by atoms with Crippen LogP contribution in [0.5, 0.6) is 0 Å². The zero-order valence-corrected chi connectivity index (χ0v) is 12.1. The number of aryl methyl sites for hydroxylation is 1. The zero-order chi connectivity index (χ0) is 12.5. The van der Waals surface area contributed by atoms with Gasteiger partial charge in [-0.3, -0.25) is 0 Å². The first-order valence-corrected chi connectivity index (χ1v) is 7.98. The van der Waals surface area contributed by atoms with Crippen LogP contribution in [0.4, 0.5) is 5.69 Å². The summed E-state index contributed by atoms with van der Waals surface area (Å²) in [6, 6.07) is 7.04. The van der Waals surface area contributed by atoms with E-state index in [1.807, 2.05) is 0 Å². The fourth-order valence-electron chi connectivity index (χ4n) is 2.87. The van der Waals surface area contributed by atoms with Crippen LogP contribution in [0.1, 0.15) is 29.8 Å². The highest BCUT2D eigenvalue weighted by atomic mass is 32.2. The van der Waals surface area contributed by atoms with Gasteiger partial charge in [0, 0.05) is 19.3 Å². The molecule has 2 unspecified atom stereocenters. The van der Waals surface area contributed by atoms with Crippen LogP contribution in [-0.4, -0.2) is 25.9 Å². The quantitative estimate of drug-likeness (QED) is 0.837. The Morgan fingerprint density at radius 3 is 3.06 bits per heavy atom. The van der Waals surface area contributed by atoms with Crippen LogP contribution in [0.15, 0.2) is 18.2 Å². The van der Waals surface area contributed by atoms with E-state index in [1.165, 1.54) is 42.0 Å². The molecule has 1 fully saturated rings. The van der Waals surface area contributed by atoms with Crippen LogP contribution in [0.2, 0.25) is 0 Å². The Labute approximate surface area is 114 Å². The van der Waals surface area contributed by atoms with Gasteiger partial charge in [0.05, 0.1) is 5.37 Å². The van der Waals surface area contributed by atoms with Gasteiger partial charge in [-0.1, -0.05) is 19.1 Å². The number of benzene rings is 1. The Bertz CT molecular complexity index is 425. The van der Waals surface area contributed by atoms with Gasteiger partial charge in [-0.15, -0.1) is 11.8 Å². The van der Waals surface area contributed by atoms with Crippen LogP contribution in [0.25, 0.3) is 0 Å². The molecule has 3 rings (SSSR count). The van der Waals surface area contributed by atoms with E-state index in [2.05, 4.69) is 54.1 Å². The van der Waals surface area contributed by atoms with E-state index in [1.54, 1.807) is 0 Å².